The van der Waals surface area contributed by atoms with E-state index in [4.69, 9.17) is 14.7 Å². The van der Waals surface area contributed by atoms with Gasteiger partial charge in [-0.05, 0) is 31.9 Å². The van der Waals surface area contributed by atoms with Crippen LogP contribution in [-0.2, 0) is 6.42 Å². The zero-order valence-corrected chi connectivity index (χ0v) is 14.5. The van der Waals surface area contributed by atoms with E-state index < -0.39 is 0 Å². The van der Waals surface area contributed by atoms with Crippen LogP contribution in [-0.4, -0.2) is 28.6 Å². The summed E-state index contributed by atoms with van der Waals surface area (Å²) in [5.74, 6) is 1.27. The molecule has 5 heteroatoms. The van der Waals surface area contributed by atoms with Crippen molar-refractivity contribution in [1.82, 2.24) is 15.0 Å². The van der Waals surface area contributed by atoms with E-state index in [1.165, 1.54) is 6.42 Å². The van der Waals surface area contributed by atoms with E-state index in [0.29, 0.717) is 18.3 Å². The molecule has 0 aliphatic rings. The zero-order chi connectivity index (χ0) is 16.7. The summed E-state index contributed by atoms with van der Waals surface area (Å²) in [5.41, 5.74) is 3.79. The van der Waals surface area contributed by atoms with E-state index in [-0.39, 0.29) is 0 Å². The van der Waals surface area contributed by atoms with Gasteiger partial charge in [-0.2, -0.15) is 0 Å². The number of ether oxygens (including phenoxy) is 1. The molecule has 2 aromatic heterocycles. The van der Waals surface area contributed by atoms with Gasteiger partial charge in [-0.15, -0.1) is 0 Å². The highest BCUT2D eigenvalue weighted by atomic mass is 16.5. The van der Waals surface area contributed by atoms with Crippen LogP contribution < -0.4 is 10.1 Å². The Morgan fingerprint density at radius 2 is 2.00 bits per heavy atom. The van der Waals surface area contributed by atoms with E-state index in [1.807, 2.05) is 26.1 Å². The van der Waals surface area contributed by atoms with Crippen molar-refractivity contribution in [2.24, 2.45) is 0 Å². The number of hydrogen-bond donors (Lipinski definition) is 1. The molecule has 0 unspecified atom stereocenters. The predicted octanol–water partition coefficient (Wildman–Crippen LogP) is 4.02. The molecule has 23 heavy (non-hydrogen) atoms. The topological polar surface area (TPSA) is 59.9 Å². The second-order valence-electron chi connectivity index (χ2n) is 5.47. The van der Waals surface area contributed by atoms with Gasteiger partial charge < -0.3 is 10.1 Å². The summed E-state index contributed by atoms with van der Waals surface area (Å²) < 4.78 is 5.84. The highest BCUT2D eigenvalue weighted by molar-refractivity contribution is 5.67. The van der Waals surface area contributed by atoms with Gasteiger partial charge in [0.1, 0.15) is 0 Å². The number of rotatable bonds is 8. The predicted molar refractivity (Wildman–Crippen MR) is 93.9 cm³/mol. The van der Waals surface area contributed by atoms with Gasteiger partial charge >= 0.3 is 0 Å². The largest absolute Gasteiger partial charge is 0.475 e. The fourth-order valence-electron chi connectivity index (χ4n) is 2.43. The number of hydrogen-bond acceptors (Lipinski definition) is 5. The van der Waals surface area contributed by atoms with Crippen molar-refractivity contribution in [3.05, 3.63) is 29.7 Å². The first-order valence-electron chi connectivity index (χ1n) is 8.34. The smallest absolute Gasteiger partial charge is 0.257 e. The highest BCUT2D eigenvalue weighted by Gasteiger charge is 2.16. The van der Waals surface area contributed by atoms with Gasteiger partial charge in [-0.1, -0.05) is 26.7 Å². The maximum Gasteiger partial charge on any atom is 0.257 e. The molecule has 0 atom stereocenters. The zero-order valence-electron chi connectivity index (χ0n) is 14.5. The van der Waals surface area contributed by atoms with Gasteiger partial charge in [0.15, 0.2) is 5.82 Å². The van der Waals surface area contributed by atoms with Crippen LogP contribution in [0, 0.1) is 6.92 Å². The molecule has 0 fully saturated rings. The molecule has 0 amide bonds. The van der Waals surface area contributed by atoms with E-state index in [1.54, 1.807) is 6.20 Å². The molecule has 0 radical (unpaired) electrons. The minimum Gasteiger partial charge on any atom is -0.475 e. The lowest BCUT2D eigenvalue weighted by Gasteiger charge is -2.15. The molecule has 0 saturated carbocycles. The van der Waals surface area contributed by atoms with Gasteiger partial charge in [0.25, 0.3) is 5.88 Å². The molecule has 124 valence electrons. The second kappa shape index (κ2) is 8.46. The Labute approximate surface area is 138 Å². The Bertz CT molecular complexity index is 643. The van der Waals surface area contributed by atoms with Gasteiger partial charge in [-0.25, -0.2) is 9.97 Å². The van der Waals surface area contributed by atoms with Crippen molar-refractivity contribution in [3.8, 4) is 17.1 Å². The minimum atomic E-state index is 0.589. The van der Waals surface area contributed by atoms with Crippen LogP contribution in [0.15, 0.2) is 18.3 Å². The normalized spacial score (nSPS) is 10.6. The van der Waals surface area contributed by atoms with Crippen LogP contribution in [0.5, 0.6) is 5.88 Å². The van der Waals surface area contributed by atoms with E-state index >= 15 is 0 Å². The van der Waals surface area contributed by atoms with Crippen molar-refractivity contribution in [1.29, 1.82) is 0 Å². The molecule has 1 N–H and O–H groups in total. The van der Waals surface area contributed by atoms with Gasteiger partial charge in [0, 0.05) is 24.5 Å². The van der Waals surface area contributed by atoms with Crippen molar-refractivity contribution in [2.75, 3.05) is 19.0 Å². The monoisotopic (exact) mass is 314 g/mol. The van der Waals surface area contributed by atoms with E-state index in [9.17, 15) is 0 Å². The average molecular weight is 314 g/mol. The van der Waals surface area contributed by atoms with E-state index in [2.05, 4.69) is 24.1 Å². The van der Waals surface area contributed by atoms with Gasteiger partial charge in [0.2, 0.25) is 0 Å². The van der Waals surface area contributed by atoms with Gasteiger partial charge in [0.05, 0.1) is 18.0 Å². The third-order valence-electron chi connectivity index (χ3n) is 3.76. The maximum atomic E-state index is 5.84. The quantitative estimate of drug-likeness (QED) is 0.746. The van der Waals surface area contributed by atoms with Crippen LogP contribution in [0.25, 0.3) is 11.3 Å². The Balaban J connectivity index is 2.36. The van der Waals surface area contributed by atoms with Crippen molar-refractivity contribution in [3.63, 3.8) is 0 Å². The van der Waals surface area contributed by atoms with E-state index in [0.717, 1.165) is 41.9 Å². The average Bonchev–Trinajstić information content (AvgIpc) is 2.58. The van der Waals surface area contributed by atoms with Crippen LogP contribution in [0.2, 0.25) is 0 Å². The Morgan fingerprint density at radius 1 is 1.17 bits per heavy atom. The van der Waals surface area contributed by atoms with Crippen LogP contribution in [0.1, 0.15) is 44.5 Å². The summed E-state index contributed by atoms with van der Waals surface area (Å²) in [6, 6.07) is 3.96. The number of aromatic nitrogens is 3. The number of aryl methyl sites for hydroxylation is 2. The number of pyridine rings is 1. The second-order valence-corrected chi connectivity index (χ2v) is 5.47. The molecule has 5 nitrogen and oxygen atoms in total. The summed E-state index contributed by atoms with van der Waals surface area (Å²) >= 11 is 0. The molecular weight excluding hydrogens is 288 g/mol. The van der Waals surface area contributed by atoms with Crippen molar-refractivity contribution >= 4 is 5.82 Å². The highest BCUT2D eigenvalue weighted by Crippen LogP contribution is 2.29. The Morgan fingerprint density at radius 3 is 2.65 bits per heavy atom. The van der Waals surface area contributed by atoms with Gasteiger partial charge in [-0.3, -0.25) is 4.98 Å². The SMILES string of the molecule is CCCCCOc1nc(CC)c(-c2cccnc2C)nc1NC. The molecule has 2 heterocycles. The number of nitrogens with one attached hydrogen (secondary N) is 1. The Hall–Kier alpha value is -2.17. The molecule has 0 aromatic carbocycles. The number of unbranched alkanes of at least 4 members (excludes halogenated alkanes) is 2. The first-order chi connectivity index (χ1) is 11.2. The summed E-state index contributed by atoms with van der Waals surface area (Å²) in [6.45, 7) is 6.93. The third-order valence-corrected chi connectivity index (χ3v) is 3.76. The molecule has 0 aliphatic carbocycles. The molecule has 0 saturated heterocycles. The maximum absolute atomic E-state index is 5.84. The number of anilines is 1. The summed E-state index contributed by atoms with van der Waals surface area (Å²) in [7, 11) is 1.84. The lowest BCUT2D eigenvalue weighted by molar-refractivity contribution is 0.294. The molecule has 2 aromatic rings. The fourth-order valence-corrected chi connectivity index (χ4v) is 2.43. The van der Waals surface area contributed by atoms with Crippen LogP contribution in [0.3, 0.4) is 0 Å². The standard InChI is InChI=1S/C18H26N4O/c1-5-7-8-12-23-18-17(19-4)22-16(15(6-2)21-18)14-10-9-11-20-13(14)3/h9-11H,5-8,12H2,1-4H3,(H,19,22). The molecule has 2 rings (SSSR count). The lowest BCUT2D eigenvalue weighted by atomic mass is 10.1. The summed E-state index contributed by atoms with van der Waals surface area (Å²) in [4.78, 5) is 13.8. The van der Waals surface area contributed by atoms with Crippen molar-refractivity contribution in [2.45, 2.75) is 46.5 Å². The number of nitrogens with zero attached hydrogens (tertiary/aromatic N) is 3. The fraction of sp³-hybridized carbons (Fsp3) is 0.500. The molecule has 0 bridgehead atoms. The van der Waals surface area contributed by atoms with Crippen LogP contribution in [0.4, 0.5) is 5.82 Å². The lowest BCUT2D eigenvalue weighted by Crippen LogP contribution is -2.08. The molecular formula is C18H26N4O. The first-order valence-corrected chi connectivity index (χ1v) is 8.34. The molecule has 0 spiro atoms. The first kappa shape index (κ1) is 17.2. The van der Waals surface area contributed by atoms with Crippen molar-refractivity contribution < 1.29 is 4.74 Å². The minimum absolute atomic E-state index is 0.589. The van der Waals surface area contributed by atoms with Crippen LogP contribution >= 0.6 is 0 Å². The third kappa shape index (κ3) is 4.18. The summed E-state index contributed by atoms with van der Waals surface area (Å²) in [5, 5.41) is 3.10. The summed E-state index contributed by atoms with van der Waals surface area (Å²) in [6.07, 6.45) is 5.96. The Kier molecular flexibility index (Phi) is 6.32. The molecule has 0 aliphatic heterocycles.